The summed E-state index contributed by atoms with van der Waals surface area (Å²) < 4.78 is 54.4. The third kappa shape index (κ3) is 5.44. The molecule has 2 N–H and O–H groups in total. The van der Waals surface area contributed by atoms with Crippen LogP contribution in [0.2, 0.25) is 0 Å². The van der Waals surface area contributed by atoms with Gasteiger partial charge in [-0.05, 0) is 49.1 Å². The van der Waals surface area contributed by atoms with E-state index in [1.807, 2.05) is 4.90 Å². The Bertz CT molecular complexity index is 1150. The van der Waals surface area contributed by atoms with Crippen molar-refractivity contribution in [3.05, 3.63) is 42.2 Å². The molecule has 2 aromatic carbocycles. The maximum Gasteiger partial charge on any atom is 0.242 e. The van der Waals surface area contributed by atoms with Gasteiger partial charge in [0.2, 0.25) is 15.9 Å². The van der Waals surface area contributed by atoms with Gasteiger partial charge >= 0.3 is 0 Å². The highest BCUT2D eigenvalue weighted by molar-refractivity contribution is 7.89. The van der Waals surface area contributed by atoms with Crippen LogP contribution in [0.25, 0.3) is 0 Å². The van der Waals surface area contributed by atoms with Crippen LogP contribution < -0.4 is 24.4 Å². The Morgan fingerprint density at radius 2 is 1.71 bits per heavy atom. The molecule has 0 saturated carbocycles. The topological polar surface area (TPSA) is 97.0 Å². The summed E-state index contributed by atoms with van der Waals surface area (Å²) in [4.78, 5) is 14.9. The molecule has 1 fully saturated rings. The number of carbonyl (C=O) groups excluding carboxylic acids is 1. The van der Waals surface area contributed by atoms with Crippen LogP contribution in [-0.4, -0.2) is 46.7 Å². The van der Waals surface area contributed by atoms with Crippen LogP contribution >= 0.6 is 0 Å². The maximum absolute atomic E-state index is 14.6. The highest BCUT2D eigenvalue weighted by atomic mass is 32.2. The smallest absolute Gasteiger partial charge is 0.242 e. The number of rotatable bonds is 7. The molecule has 0 aromatic heterocycles. The average molecular weight is 492 g/mol. The number of amides is 1. The largest absolute Gasteiger partial charge is 0.490 e. The lowest BCUT2D eigenvalue weighted by Gasteiger charge is -2.23. The van der Waals surface area contributed by atoms with Crippen LogP contribution in [0.5, 0.6) is 11.5 Å². The van der Waals surface area contributed by atoms with Crippen molar-refractivity contribution in [3.8, 4) is 11.5 Å². The van der Waals surface area contributed by atoms with E-state index < -0.39 is 27.8 Å². The molecule has 0 radical (unpaired) electrons. The minimum atomic E-state index is -4.04. The van der Waals surface area contributed by atoms with Crippen LogP contribution in [0.4, 0.5) is 15.8 Å². The minimum Gasteiger partial charge on any atom is -0.490 e. The van der Waals surface area contributed by atoms with Gasteiger partial charge in [-0.2, -0.15) is 4.72 Å². The maximum atomic E-state index is 14.6. The van der Waals surface area contributed by atoms with Crippen LogP contribution in [0.3, 0.4) is 0 Å². The second kappa shape index (κ2) is 10.2. The number of hydrogen-bond donors (Lipinski definition) is 2. The standard InChI is InChI=1S/C24H30FN3O5S/c1-16(2)23(24(29)26-17-6-8-20(19(25)14-17)28-10-3-4-11-28)27-34(30,31)18-7-9-21-22(15-18)33-13-5-12-32-21/h6-9,14-16,23,27H,3-5,10-13H2,1-2H3,(H,26,29). The van der Waals surface area contributed by atoms with Gasteiger partial charge < -0.3 is 19.7 Å². The van der Waals surface area contributed by atoms with Gasteiger partial charge in [0.1, 0.15) is 11.9 Å². The number of hydrogen-bond acceptors (Lipinski definition) is 6. The zero-order valence-electron chi connectivity index (χ0n) is 19.3. The number of benzene rings is 2. The Hall–Kier alpha value is -2.85. The summed E-state index contributed by atoms with van der Waals surface area (Å²) in [7, 11) is -4.04. The van der Waals surface area contributed by atoms with Gasteiger partial charge in [-0.3, -0.25) is 4.79 Å². The van der Waals surface area contributed by atoms with Crippen molar-refractivity contribution in [1.29, 1.82) is 0 Å². The highest BCUT2D eigenvalue weighted by Crippen LogP contribution is 2.32. The molecule has 0 aliphatic carbocycles. The van der Waals surface area contributed by atoms with Crippen molar-refractivity contribution < 1.29 is 27.1 Å². The number of carbonyl (C=O) groups is 1. The lowest BCUT2D eigenvalue weighted by Crippen LogP contribution is -2.47. The molecule has 1 amide bonds. The molecule has 2 heterocycles. The zero-order valence-corrected chi connectivity index (χ0v) is 20.2. The van der Waals surface area contributed by atoms with E-state index >= 15 is 0 Å². The zero-order chi connectivity index (χ0) is 24.3. The second-order valence-electron chi connectivity index (χ2n) is 8.85. The fraction of sp³-hybridized carbons (Fsp3) is 0.458. The van der Waals surface area contributed by atoms with E-state index in [-0.39, 0.29) is 16.5 Å². The number of fused-ring (bicyclic) bond motifs is 1. The Morgan fingerprint density at radius 1 is 1.00 bits per heavy atom. The number of nitrogens with zero attached hydrogens (tertiary/aromatic N) is 1. The monoisotopic (exact) mass is 491 g/mol. The fourth-order valence-electron chi connectivity index (χ4n) is 4.06. The molecule has 0 bridgehead atoms. The molecule has 1 unspecified atom stereocenters. The molecule has 2 aliphatic rings. The Labute approximate surface area is 199 Å². The Kier molecular flexibility index (Phi) is 7.27. The normalized spacial score (nSPS) is 16.9. The van der Waals surface area contributed by atoms with Crippen LogP contribution in [0, 0.1) is 11.7 Å². The van der Waals surface area contributed by atoms with E-state index in [9.17, 15) is 17.6 Å². The summed E-state index contributed by atoms with van der Waals surface area (Å²) >= 11 is 0. The third-order valence-corrected chi connectivity index (χ3v) is 7.36. The van der Waals surface area contributed by atoms with Gasteiger partial charge in [0.15, 0.2) is 11.5 Å². The lowest BCUT2D eigenvalue weighted by molar-refractivity contribution is -0.118. The van der Waals surface area contributed by atoms with Crippen LogP contribution in [-0.2, 0) is 14.8 Å². The van der Waals surface area contributed by atoms with E-state index in [2.05, 4.69) is 10.0 Å². The number of nitrogens with one attached hydrogen (secondary N) is 2. The van der Waals surface area contributed by atoms with Crippen molar-refractivity contribution in [2.75, 3.05) is 36.5 Å². The molecule has 8 nitrogen and oxygen atoms in total. The van der Waals surface area contributed by atoms with Gasteiger partial charge in [-0.1, -0.05) is 13.8 Å². The molecular formula is C24H30FN3O5S. The first-order chi connectivity index (χ1) is 16.2. The van der Waals surface area contributed by atoms with Crippen molar-refractivity contribution >= 4 is 27.3 Å². The predicted octanol–water partition coefficient (Wildman–Crippen LogP) is 3.53. The van der Waals surface area contributed by atoms with E-state index in [1.165, 1.54) is 18.2 Å². The highest BCUT2D eigenvalue weighted by Gasteiger charge is 2.29. The molecule has 2 aromatic rings. The molecule has 184 valence electrons. The van der Waals surface area contributed by atoms with Crippen molar-refractivity contribution in [1.82, 2.24) is 4.72 Å². The fourth-order valence-corrected chi connectivity index (χ4v) is 5.42. The average Bonchev–Trinajstić information content (AvgIpc) is 3.21. The molecule has 0 spiro atoms. The Balaban J connectivity index is 1.49. The predicted molar refractivity (Wildman–Crippen MR) is 127 cm³/mol. The number of ether oxygens (including phenoxy) is 2. The van der Waals surface area contributed by atoms with E-state index in [0.29, 0.717) is 36.8 Å². The molecule has 2 aliphatic heterocycles. The Morgan fingerprint density at radius 3 is 2.38 bits per heavy atom. The van der Waals surface area contributed by atoms with Crippen LogP contribution in [0.1, 0.15) is 33.1 Å². The summed E-state index contributed by atoms with van der Waals surface area (Å²) in [5.41, 5.74) is 0.775. The lowest BCUT2D eigenvalue weighted by atomic mass is 10.0. The van der Waals surface area contributed by atoms with Gasteiger partial charge in [-0.25, -0.2) is 12.8 Å². The van der Waals surface area contributed by atoms with Gasteiger partial charge in [-0.15, -0.1) is 0 Å². The van der Waals surface area contributed by atoms with E-state index in [1.54, 1.807) is 32.0 Å². The summed E-state index contributed by atoms with van der Waals surface area (Å²) in [6.07, 6.45) is 2.75. The molecule has 10 heteroatoms. The third-order valence-electron chi connectivity index (χ3n) is 5.92. The molecule has 34 heavy (non-hydrogen) atoms. The first-order valence-electron chi connectivity index (χ1n) is 11.5. The summed E-state index contributed by atoms with van der Waals surface area (Å²) in [5, 5.41) is 2.65. The van der Waals surface area contributed by atoms with Gasteiger partial charge in [0.25, 0.3) is 0 Å². The summed E-state index contributed by atoms with van der Waals surface area (Å²) in [5.74, 6) is -0.521. The molecule has 1 saturated heterocycles. The van der Waals surface area contributed by atoms with Crippen molar-refractivity contribution in [2.45, 2.75) is 44.0 Å². The number of sulfonamides is 1. The second-order valence-corrected chi connectivity index (χ2v) is 10.6. The van der Waals surface area contributed by atoms with Gasteiger partial charge in [0.05, 0.1) is 23.8 Å². The summed E-state index contributed by atoms with van der Waals surface area (Å²) in [6.45, 7) is 6.00. The first-order valence-corrected chi connectivity index (χ1v) is 13.0. The SMILES string of the molecule is CC(C)C(NS(=O)(=O)c1ccc2c(c1)OCCCO2)C(=O)Nc1ccc(N2CCCC2)c(F)c1. The van der Waals surface area contributed by atoms with Crippen molar-refractivity contribution in [2.24, 2.45) is 5.92 Å². The first kappa shape index (κ1) is 24.3. The van der Waals surface area contributed by atoms with Gasteiger partial charge in [0, 0.05) is 31.3 Å². The summed E-state index contributed by atoms with van der Waals surface area (Å²) in [6, 6.07) is 7.82. The van der Waals surface area contributed by atoms with E-state index in [0.717, 1.165) is 25.9 Å². The van der Waals surface area contributed by atoms with Crippen molar-refractivity contribution in [3.63, 3.8) is 0 Å². The molecule has 4 rings (SSSR count). The number of anilines is 2. The molecular weight excluding hydrogens is 461 g/mol. The minimum absolute atomic E-state index is 0.0313. The number of halogens is 1. The van der Waals surface area contributed by atoms with Crippen LogP contribution in [0.15, 0.2) is 41.3 Å². The quantitative estimate of drug-likeness (QED) is 0.615. The molecule has 1 atom stereocenters. The van der Waals surface area contributed by atoms with E-state index in [4.69, 9.17) is 9.47 Å².